The van der Waals surface area contributed by atoms with Gasteiger partial charge in [-0.05, 0) is 62.8 Å². The van der Waals surface area contributed by atoms with Crippen LogP contribution in [0.3, 0.4) is 0 Å². The summed E-state index contributed by atoms with van der Waals surface area (Å²) in [4.78, 5) is 31.0. The molecule has 0 saturated carbocycles. The average molecular weight is 448 g/mol. The molecule has 0 fully saturated rings. The molecule has 2 amide bonds. The fraction of sp³-hybridized carbons (Fsp3) is 0.333. The number of nitrogens with zero attached hydrogens (tertiary/aromatic N) is 5. The Kier molecular flexibility index (Phi) is 6.41. The smallest absolute Gasteiger partial charge is 0.253 e. The lowest BCUT2D eigenvalue weighted by Gasteiger charge is -2.07. The number of amides is 2. The summed E-state index contributed by atoms with van der Waals surface area (Å²) in [6, 6.07) is 10.0. The van der Waals surface area contributed by atoms with Gasteiger partial charge in [-0.3, -0.25) is 14.9 Å². The van der Waals surface area contributed by atoms with Gasteiger partial charge in [-0.15, -0.1) is 5.10 Å². The third kappa shape index (κ3) is 4.73. The quantitative estimate of drug-likeness (QED) is 0.433. The Balaban J connectivity index is 1.68. The molecular weight excluding hydrogens is 418 g/mol. The second kappa shape index (κ2) is 9.41. The highest BCUT2D eigenvalue weighted by molar-refractivity contribution is 6.08. The van der Waals surface area contributed by atoms with Crippen LogP contribution in [0.25, 0.3) is 27.7 Å². The van der Waals surface area contributed by atoms with Gasteiger partial charge in [0.05, 0.1) is 12.1 Å². The lowest BCUT2D eigenvalue weighted by atomic mass is 10.0. The van der Waals surface area contributed by atoms with Gasteiger partial charge >= 0.3 is 0 Å². The van der Waals surface area contributed by atoms with E-state index in [0.717, 1.165) is 35.0 Å². The number of aromatic nitrogens is 4. The van der Waals surface area contributed by atoms with E-state index in [0.29, 0.717) is 17.8 Å². The predicted molar refractivity (Wildman–Crippen MR) is 129 cm³/mol. The van der Waals surface area contributed by atoms with E-state index in [4.69, 9.17) is 0 Å². The van der Waals surface area contributed by atoms with Gasteiger partial charge in [-0.25, -0.2) is 4.52 Å². The largest absolute Gasteiger partial charge is 0.352 e. The van der Waals surface area contributed by atoms with Crippen LogP contribution in [0, 0.1) is 0 Å². The summed E-state index contributed by atoms with van der Waals surface area (Å²) in [5.41, 5.74) is 4.26. The maximum Gasteiger partial charge on any atom is 0.253 e. The minimum Gasteiger partial charge on any atom is -0.352 e. The third-order valence-corrected chi connectivity index (χ3v) is 5.38. The van der Waals surface area contributed by atoms with Crippen molar-refractivity contribution in [1.29, 1.82) is 0 Å². The van der Waals surface area contributed by atoms with E-state index in [9.17, 15) is 9.59 Å². The van der Waals surface area contributed by atoms with Crippen molar-refractivity contribution < 1.29 is 9.59 Å². The Morgan fingerprint density at radius 3 is 2.61 bits per heavy atom. The molecule has 172 valence electrons. The van der Waals surface area contributed by atoms with Gasteiger partial charge in [0.1, 0.15) is 0 Å². The first-order valence-corrected chi connectivity index (χ1v) is 11.1. The van der Waals surface area contributed by atoms with E-state index in [1.54, 1.807) is 9.42 Å². The molecule has 2 N–H and O–H groups in total. The molecule has 1 aromatic carbocycles. The molecule has 0 spiro atoms. The summed E-state index contributed by atoms with van der Waals surface area (Å²) in [5.74, 6) is 0.0393. The maximum absolute atomic E-state index is 12.7. The number of hydrogen-bond donors (Lipinski definition) is 2. The molecule has 4 rings (SSSR count). The first kappa shape index (κ1) is 22.5. The molecule has 9 nitrogen and oxygen atoms in total. The van der Waals surface area contributed by atoms with Gasteiger partial charge in [-0.2, -0.15) is 4.98 Å². The van der Waals surface area contributed by atoms with Crippen LogP contribution >= 0.6 is 0 Å². The van der Waals surface area contributed by atoms with Gasteiger partial charge in [-0.1, -0.05) is 13.0 Å². The van der Waals surface area contributed by atoms with Crippen molar-refractivity contribution in [2.75, 3.05) is 32.5 Å². The molecule has 0 aliphatic rings. The predicted octanol–water partition coefficient (Wildman–Crippen LogP) is 3.01. The first-order valence-electron chi connectivity index (χ1n) is 11.1. The zero-order valence-corrected chi connectivity index (χ0v) is 19.4. The van der Waals surface area contributed by atoms with E-state index < -0.39 is 0 Å². The van der Waals surface area contributed by atoms with E-state index in [-0.39, 0.29) is 24.3 Å². The molecule has 0 aliphatic heterocycles. The Morgan fingerprint density at radius 1 is 1.09 bits per heavy atom. The number of carbonyl (C=O) groups is 2. The standard InChI is InChI=1S/C24H29N7O2/c1-5-10-25-23(33)19-14-30(6-2)20-8-7-16(12-18(19)20)17-9-11-31-21(13-17)26-24(28-31)27-22(32)15-29(3)4/h7-9,11-14H,5-6,10,15H2,1-4H3,(H,25,33)(H,27,28,32). The summed E-state index contributed by atoms with van der Waals surface area (Å²) in [6.45, 7) is 5.79. The van der Waals surface area contributed by atoms with E-state index in [2.05, 4.69) is 32.2 Å². The maximum atomic E-state index is 12.7. The van der Waals surface area contributed by atoms with Crippen molar-refractivity contribution in [3.8, 4) is 11.1 Å². The minimum atomic E-state index is -0.170. The monoisotopic (exact) mass is 447 g/mol. The Morgan fingerprint density at radius 2 is 1.88 bits per heavy atom. The van der Waals surface area contributed by atoms with Crippen LogP contribution in [0.15, 0.2) is 42.7 Å². The van der Waals surface area contributed by atoms with Crippen molar-refractivity contribution in [3.63, 3.8) is 0 Å². The zero-order valence-electron chi connectivity index (χ0n) is 19.4. The number of hydrogen-bond acceptors (Lipinski definition) is 5. The number of likely N-dealkylation sites (N-methyl/N-ethyl adjacent to an activating group) is 1. The Hall–Kier alpha value is -3.72. The molecule has 0 unspecified atom stereocenters. The van der Waals surface area contributed by atoms with Gasteiger partial charge < -0.3 is 14.8 Å². The van der Waals surface area contributed by atoms with Crippen LogP contribution in [-0.2, 0) is 11.3 Å². The number of aryl methyl sites for hydroxylation is 1. The van der Waals surface area contributed by atoms with Crippen LogP contribution in [0.5, 0.6) is 0 Å². The average Bonchev–Trinajstić information content (AvgIpc) is 3.36. The summed E-state index contributed by atoms with van der Waals surface area (Å²) in [7, 11) is 3.65. The highest BCUT2D eigenvalue weighted by Crippen LogP contribution is 2.29. The van der Waals surface area contributed by atoms with Gasteiger partial charge in [0, 0.05) is 36.4 Å². The number of benzene rings is 1. The summed E-state index contributed by atoms with van der Waals surface area (Å²) in [6.07, 6.45) is 4.62. The zero-order chi connectivity index (χ0) is 23.5. The third-order valence-electron chi connectivity index (χ3n) is 5.38. The van der Waals surface area contributed by atoms with Crippen LogP contribution in [0.1, 0.15) is 30.6 Å². The van der Waals surface area contributed by atoms with Crippen molar-refractivity contribution >= 4 is 34.3 Å². The van der Waals surface area contributed by atoms with E-state index >= 15 is 0 Å². The number of pyridine rings is 1. The lowest BCUT2D eigenvalue weighted by Crippen LogP contribution is -2.27. The summed E-state index contributed by atoms with van der Waals surface area (Å²) >= 11 is 0. The van der Waals surface area contributed by atoms with Gasteiger partial charge in [0.2, 0.25) is 11.9 Å². The molecule has 0 saturated heterocycles. The number of nitrogens with one attached hydrogen (secondary N) is 2. The molecular formula is C24H29N7O2. The van der Waals surface area contributed by atoms with Crippen LogP contribution in [-0.4, -0.2) is 63.1 Å². The second-order valence-corrected chi connectivity index (χ2v) is 8.26. The SMILES string of the molecule is CCCNC(=O)c1cn(CC)c2ccc(-c3ccn4nc(NC(=O)CN(C)C)nc4c3)cc12. The molecule has 0 aliphatic carbocycles. The van der Waals surface area contributed by atoms with Crippen molar-refractivity contribution in [2.24, 2.45) is 0 Å². The fourth-order valence-electron chi connectivity index (χ4n) is 3.82. The number of anilines is 1. The molecule has 9 heteroatoms. The van der Waals surface area contributed by atoms with E-state index in [1.165, 1.54) is 0 Å². The lowest BCUT2D eigenvalue weighted by molar-refractivity contribution is -0.116. The molecule has 3 heterocycles. The van der Waals surface area contributed by atoms with Crippen molar-refractivity contribution in [3.05, 3.63) is 48.3 Å². The number of rotatable bonds is 8. The number of fused-ring (bicyclic) bond motifs is 2. The minimum absolute atomic E-state index is 0.0581. The molecule has 0 radical (unpaired) electrons. The second-order valence-electron chi connectivity index (χ2n) is 8.26. The first-order chi connectivity index (χ1) is 15.9. The number of carbonyl (C=O) groups excluding carboxylic acids is 2. The van der Waals surface area contributed by atoms with Crippen LogP contribution in [0.2, 0.25) is 0 Å². The normalized spacial score (nSPS) is 11.4. The van der Waals surface area contributed by atoms with Crippen molar-refractivity contribution in [1.82, 2.24) is 29.4 Å². The van der Waals surface area contributed by atoms with Gasteiger partial charge in [0.25, 0.3) is 5.91 Å². The molecule has 0 atom stereocenters. The highest BCUT2D eigenvalue weighted by Gasteiger charge is 2.16. The summed E-state index contributed by atoms with van der Waals surface area (Å²) < 4.78 is 3.72. The van der Waals surface area contributed by atoms with Crippen LogP contribution < -0.4 is 10.6 Å². The van der Waals surface area contributed by atoms with Gasteiger partial charge in [0.15, 0.2) is 5.65 Å². The molecule has 4 aromatic rings. The highest BCUT2D eigenvalue weighted by atomic mass is 16.2. The molecule has 3 aromatic heterocycles. The topological polar surface area (TPSA) is 96.6 Å². The fourth-order valence-corrected chi connectivity index (χ4v) is 3.82. The Bertz CT molecular complexity index is 1320. The van der Waals surface area contributed by atoms with E-state index in [1.807, 2.05) is 63.7 Å². The van der Waals surface area contributed by atoms with Crippen molar-refractivity contribution in [2.45, 2.75) is 26.8 Å². The Labute approximate surface area is 192 Å². The molecule has 0 bridgehead atoms. The summed E-state index contributed by atoms with van der Waals surface area (Å²) in [5, 5.41) is 10.9. The molecule has 33 heavy (non-hydrogen) atoms. The van der Waals surface area contributed by atoms with Crippen LogP contribution in [0.4, 0.5) is 5.95 Å².